The van der Waals surface area contributed by atoms with Gasteiger partial charge in [0.2, 0.25) is 11.8 Å². The van der Waals surface area contributed by atoms with Gasteiger partial charge in [0, 0.05) is 12.6 Å². The van der Waals surface area contributed by atoms with Crippen LogP contribution in [-0.4, -0.2) is 21.4 Å². The summed E-state index contributed by atoms with van der Waals surface area (Å²) in [5.41, 5.74) is 0.783. The molecule has 1 unspecified atom stereocenters. The molecule has 0 spiro atoms. The summed E-state index contributed by atoms with van der Waals surface area (Å²) in [4.78, 5) is 26.4. The highest BCUT2D eigenvalue weighted by Crippen LogP contribution is 2.20. The van der Waals surface area contributed by atoms with Crippen LogP contribution in [0.2, 0.25) is 0 Å². The third kappa shape index (κ3) is 1.87. The Morgan fingerprint density at radius 2 is 2.40 bits per heavy atom. The number of hydrogen-bond acceptors (Lipinski definition) is 3. The van der Waals surface area contributed by atoms with Gasteiger partial charge in [-0.2, -0.15) is 0 Å². The molecule has 2 rings (SSSR count). The third-order valence-corrected chi connectivity index (χ3v) is 2.70. The van der Waals surface area contributed by atoms with E-state index in [0.717, 1.165) is 5.69 Å². The fourth-order valence-corrected chi connectivity index (χ4v) is 1.87. The summed E-state index contributed by atoms with van der Waals surface area (Å²) in [5, 5.41) is 2.30. The van der Waals surface area contributed by atoms with Crippen LogP contribution in [0.1, 0.15) is 24.6 Å². The minimum atomic E-state index is -0.362. The molecule has 1 aromatic heterocycles. The van der Waals surface area contributed by atoms with Gasteiger partial charge in [-0.15, -0.1) is 11.6 Å². The lowest BCUT2D eigenvalue weighted by atomic mass is 10.1. The lowest BCUT2D eigenvalue weighted by molar-refractivity contribution is -0.135. The number of aromatic nitrogens is 2. The van der Waals surface area contributed by atoms with Gasteiger partial charge in [-0.1, -0.05) is 0 Å². The number of carbonyl (C=O) groups is 2. The molecule has 5 nitrogen and oxygen atoms in total. The zero-order chi connectivity index (χ0) is 10.8. The molecule has 80 valence electrons. The molecule has 1 fully saturated rings. The second kappa shape index (κ2) is 4.02. The van der Waals surface area contributed by atoms with Crippen molar-refractivity contribution in [2.75, 3.05) is 0 Å². The van der Waals surface area contributed by atoms with Crippen LogP contribution >= 0.6 is 11.6 Å². The topological polar surface area (TPSA) is 64.0 Å². The average molecular weight is 228 g/mol. The molecular formula is C9H10ClN3O2. The van der Waals surface area contributed by atoms with Crippen LogP contribution in [0.4, 0.5) is 0 Å². The molecule has 1 aromatic rings. The predicted octanol–water partition coefficient (Wildman–Crippen LogP) is 0.600. The fraction of sp³-hybridized carbons (Fsp3) is 0.444. The average Bonchev–Trinajstić information content (AvgIpc) is 2.65. The largest absolute Gasteiger partial charge is 0.321 e. The molecule has 2 heterocycles. The summed E-state index contributed by atoms with van der Waals surface area (Å²) in [7, 11) is 0. The fourth-order valence-electron chi connectivity index (χ4n) is 1.66. The standard InChI is InChI=1S/C9H10ClN3O2/c10-3-6-4-11-5-13(6)7-1-2-8(14)12-9(7)15/h4-5,7H,1-3H2,(H,12,14,15). The van der Waals surface area contributed by atoms with Crippen molar-refractivity contribution in [2.24, 2.45) is 0 Å². The second-order valence-corrected chi connectivity index (χ2v) is 3.66. The van der Waals surface area contributed by atoms with E-state index in [4.69, 9.17) is 11.6 Å². The molecule has 0 bridgehead atoms. The molecular weight excluding hydrogens is 218 g/mol. The monoisotopic (exact) mass is 227 g/mol. The van der Waals surface area contributed by atoms with E-state index in [0.29, 0.717) is 18.7 Å². The third-order valence-electron chi connectivity index (χ3n) is 2.43. The van der Waals surface area contributed by atoms with Gasteiger partial charge in [0.25, 0.3) is 0 Å². The molecule has 2 amide bonds. The lowest BCUT2D eigenvalue weighted by Gasteiger charge is -2.23. The molecule has 6 heteroatoms. The number of amides is 2. The summed E-state index contributed by atoms with van der Waals surface area (Å²) in [6.45, 7) is 0. The van der Waals surface area contributed by atoms with Crippen molar-refractivity contribution in [1.82, 2.24) is 14.9 Å². The highest BCUT2D eigenvalue weighted by molar-refractivity contribution is 6.16. The SMILES string of the molecule is O=C1CCC(n2cncc2CCl)C(=O)N1. The van der Waals surface area contributed by atoms with E-state index in [1.165, 1.54) is 0 Å². The molecule has 0 aromatic carbocycles. The molecule has 1 N–H and O–H groups in total. The van der Waals surface area contributed by atoms with E-state index < -0.39 is 0 Å². The maximum atomic E-state index is 11.5. The van der Waals surface area contributed by atoms with Gasteiger partial charge in [0.1, 0.15) is 6.04 Å². The minimum absolute atomic E-state index is 0.219. The van der Waals surface area contributed by atoms with Crippen molar-refractivity contribution in [3.05, 3.63) is 18.2 Å². The minimum Gasteiger partial charge on any atom is -0.321 e. The number of rotatable bonds is 2. The van der Waals surface area contributed by atoms with Crippen molar-refractivity contribution >= 4 is 23.4 Å². The van der Waals surface area contributed by atoms with Gasteiger partial charge in [0.15, 0.2) is 0 Å². The van der Waals surface area contributed by atoms with Crippen molar-refractivity contribution in [3.8, 4) is 0 Å². The van der Waals surface area contributed by atoms with Crippen LogP contribution in [0.15, 0.2) is 12.5 Å². The summed E-state index contributed by atoms with van der Waals surface area (Å²) >= 11 is 5.71. The Bertz CT molecular complexity index is 402. The Hall–Kier alpha value is -1.36. The molecule has 1 atom stereocenters. The molecule has 0 aliphatic carbocycles. The van der Waals surface area contributed by atoms with Crippen LogP contribution in [0.5, 0.6) is 0 Å². The summed E-state index contributed by atoms with van der Waals surface area (Å²) in [6, 6.07) is -0.362. The van der Waals surface area contributed by atoms with Gasteiger partial charge in [0.05, 0.1) is 17.9 Å². The van der Waals surface area contributed by atoms with Gasteiger partial charge in [-0.25, -0.2) is 4.98 Å². The number of nitrogens with zero attached hydrogens (tertiary/aromatic N) is 2. The summed E-state index contributed by atoms with van der Waals surface area (Å²) < 4.78 is 1.72. The van der Waals surface area contributed by atoms with E-state index in [2.05, 4.69) is 10.3 Å². The Kier molecular flexibility index (Phi) is 2.73. The van der Waals surface area contributed by atoms with Crippen LogP contribution in [0, 0.1) is 0 Å². The van der Waals surface area contributed by atoms with E-state index >= 15 is 0 Å². The first-order chi connectivity index (χ1) is 7.22. The molecule has 15 heavy (non-hydrogen) atoms. The second-order valence-electron chi connectivity index (χ2n) is 3.39. The number of halogens is 1. The van der Waals surface area contributed by atoms with E-state index in [9.17, 15) is 9.59 Å². The molecule has 0 radical (unpaired) electrons. The summed E-state index contributed by atoms with van der Waals surface area (Å²) in [5.74, 6) is -0.197. The Morgan fingerprint density at radius 1 is 1.60 bits per heavy atom. The first-order valence-electron chi connectivity index (χ1n) is 4.62. The zero-order valence-electron chi connectivity index (χ0n) is 7.94. The number of imide groups is 1. The van der Waals surface area contributed by atoms with Crippen LogP contribution in [0.25, 0.3) is 0 Å². The molecule has 1 saturated heterocycles. The molecule has 1 aliphatic rings. The van der Waals surface area contributed by atoms with E-state index in [-0.39, 0.29) is 17.9 Å². The molecule has 1 aliphatic heterocycles. The Balaban J connectivity index is 2.24. The van der Waals surface area contributed by atoms with Crippen LogP contribution < -0.4 is 5.32 Å². The highest BCUT2D eigenvalue weighted by Gasteiger charge is 2.28. The van der Waals surface area contributed by atoms with Crippen LogP contribution in [0.3, 0.4) is 0 Å². The van der Waals surface area contributed by atoms with Crippen LogP contribution in [-0.2, 0) is 15.5 Å². The van der Waals surface area contributed by atoms with E-state index in [1.54, 1.807) is 17.1 Å². The smallest absolute Gasteiger partial charge is 0.249 e. The number of alkyl halides is 1. The maximum absolute atomic E-state index is 11.5. The van der Waals surface area contributed by atoms with Crippen molar-refractivity contribution < 1.29 is 9.59 Å². The van der Waals surface area contributed by atoms with Crippen molar-refractivity contribution in [2.45, 2.75) is 24.8 Å². The van der Waals surface area contributed by atoms with Crippen molar-refractivity contribution in [3.63, 3.8) is 0 Å². The first-order valence-corrected chi connectivity index (χ1v) is 5.16. The Labute approximate surface area is 91.4 Å². The number of nitrogens with one attached hydrogen (secondary N) is 1. The van der Waals surface area contributed by atoms with Gasteiger partial charge in [-0.05, 0) is 6.42 Å². The number of piperidine rings is 1. The van der Waals surface area contributed by atoms with Gasteiger partial charge >= 0.3 is 0 Å². The van der Waals surface area contributed by atoms with Gasteiger partial charge < -0.3 is 4.57 Å². The number of carbonyl (C=O) groups excluding carboxylic acids is 2. The highest BCUT2D eigenvalue weighted by atomic mass is 35.5. The normalized spacial score (nSPS) is 21.5. The lowest BCUT2D eigenvalue weighted by Crippen LogP contribution is -2.41. The first kappa shape index (κ1) is 10.2. The zero-order valence-corrected chi connectivity index (χ0v) is 8.70. The van der Waals surface area contributed by atoms with E-state index in [1.807, 2.05) is 0 Å². The number of hydrogen-bond donors (Lipinski definition) is 1. The summed E-state index contributed by atoms with van der Waals surface area (Å²) in [6.07, 6.45) is 4.05. The Morgan fingerprint density at radius 3 is 3.07 bits per heavy atom. The predicted molar refractivity (Wildman–Crippen MR) is 53.2 cm³/mol. The van der Waals surface area contributed by atoms with Gasteiger partial charge in [-0.3, -0.25) is 14.9 Å². The molecule has 0 saturated carbocycles. The quantitative estimate of drug-likeness (QED) is 0.595. The van der Waals surface area contributed by atoms with Crippen molar-refractivity contribution in [1.29, 1.82) is 0 Å². The number of imidazole rings is 1. The maximum Gasteiger partial charge on any atom is 0.249 e.